The molecule has 0 spiro atoms. The molecule has 7 heteroatoms. The molecule has 2 atom stereocenters. The Morgan fingerprint density at radius 1 is 1.41 bits per heavy atom. The van der Waals surface area contributed by atoms with Gasteiger partial charge in [-0.05, 0) is 17.9 Å². The Labute approximate surface area is 134 Å². The minimum absolute atomic E-state index is 0.0247. The van der Waals surface area contributed by atoms with Crippen molar-refractivity contribution >= 4 is 28.9 Å². The molecule has 1 aromatic carbocycles. The van der Waals surface area contributed by atoms with Crippen molar-refractivity contribution < 1.29 is 9.72 Å². The third-order valence-electron chi connectivity index (χ3n) is 3.84. The van der Waals surface area contributed by atoms with E-state index in [0.29, 0.717) is 23.6 Å². The van der Waals surface area contributed by atoms with Crippen molar-refractivity contribution in [2.24, 2.45) is 5.41 Å². The van der Waals surface area contributed by atoms with Gasteiger partial charge in [0.15, 0.2) is 0 Å². The molecule has 0 bridgehead atoms. The summed E-state index contributed by atoms with van der Waals surface area (Å²) in [5, 5.41) is 17.4. The lowest BCUT2D eigenvalue weighted by atomic mass is 9.78. The van der Waals surface area contributed by atoms with Crippen LogP contribution in [0.1, 0.15) is 33.6 Å². The van der Waals surface area contributed by atoms with E-state index in [1.165, 1.54) is 12.1 Å². The SMILES string of the molecule is CC(C)(C)[C@@H]1NC(=O)CC[C@H]1Nc1ccc([N+](=O)[O-])cc1Cl. The third-order valence-corrected chi connectivity index (χ3v) is 4.15. The van der Waals surface area contributed by atoms with Gasteiger partial charge in [-0.25, -0.2) is 0 Å². The first-order valence-electron chi connectivity index (χ1n) is 7.18. The molecule has 1 aromatic rings. The van der Waals surface area contributed by atoms with Crippen LogP contribution < -0.4 is 10.6 Å². The predicted octanol–water partition coefficient (Wildman–Crippen LogP) is 3.35. The van der Waals surface area contributed by atoms with Crippen LogP contribution in [0.15, 0.2) is 18.2 Å². The standard InChI is InChI=1S/C15H20ClN3O3/c1-15(2,3)14-12(6-7-13(20)18-14)17-11-5-4-9(19(21)22)8-10(11)16/h4-5,8,12,14,17H,6-7H2,1-3H3,(H,18,20)/t12-,14-/m1/s1. The van der Waals surface area contributed by atoms with Crippen molar-refractivity contribution in [1.82, 2.24) is 5.32 Å². The normalized spacial score (nSPS) is 22.1. The van der Waals surface area contributed by atoms with Crippen LogP contribution in [0.4, 0.5) is 11.4 Å². The van der Waals surface area contributed by atoms with Crippen LogP contribution in [0.5, 0.6) is 0 Å². The molecule has 22 heavy (non-hydrogen) atoms. The van der Waals surface area contributed by atoms with Crippen LogP contribution in [0.2, 0.25) is 5.02 Å². The molecule has 0 unspecified atom stereocenters. The van der Waals surface area contributed by atoms with Gasteiger partial charge in [0.1, 0.15) is 0 Å². The molecule has 1 aliphatic heterocycles. The number of non-ortho nitro benzene ring substituents is 1. The van der Waals surface area contributed by atoms with Crippen LogP contribution in [-0.2, 0) is 4.79 Å². The molecule has 0 aromatic heterocycles. The number of nitrogens with zero attached hydrogens (tertiary/aromatic N) is 1. The van der Waals surface area contributed by atoms with E-state index in [-0.39, 0.29) is 29.1 Å². The van der Waals surface area contributed by atoms with Crippen LogP contribution in [0, 0.1) is 15.5 Å². The maximum absolute atomic E-state index is 11.7. The van der Waals surface area contributed by atoms with Gasteiger partial charge in [-0.1, -0.05) is 32.4 Å². The number of anilines is 1. The fourth-order valence-electron chi connectivity index (χ4n) is 2.71. The van der Waals surface area contributed by atoms with E-state index in [2.05, 4.69) is 31.4 Å². The summed E-state index contributed by atoms with van der Waals surface area (Å²) in [5.41, 5.74) is 0.489. The van der Waals surface area contributed by atoms with Gasteiger partial charge in [0, 0.05) is 24.6 Å². The van der Waals surface area contributed by atoms with Gasteiger partial charge in [0.2, 0.25) is 5.91 Å². The number of hydrogen-bond donors (Lipinski definition) is 2. The van der Waals surface area contributed by atoms with Gasteiger partial charge in [-0.3, -0.25) is 14.9 Å². The van der Waals surface area contributed by atoms with E-state index in [0.717, 1.165) is 0 Å². The van der Waals surface area contributed by atoms with Crippen molar-refractivity contribution in [3.05, 3.63) is 33.3 Å². The second-order valence-electron chi connectivity index (χ2n) is 6.62. The van der Waals surface area contributed by atoms with Gasteiger partial charge in [-0.2, -0.15) is 0 Å². The first kappa shape index (κ1) is 16.5. The van der Waals surface area contributed by atoms with E-state index < -0.39 is 4.92 Å². The molecule has 1 fully saturated rings. The number of halogens is 1. The first-order chi connectivity index (χ1) is 10.2. The van der Waals surface area contributed by atoms with Crippen LogP contribution in [0.25, 0.3) is 0 Å². The third kappa shape index (κ3) is 3.68. The van der Waals surface area contributed by atoms with Gasteiger partial charge < -0.3 is 10.6 Å². The monoisotopic (exact) mass is 325 g/mol. The maximum Gasteiger partial charge on any atom is 0.271 e. The van der Waals surface area contributed by atoms with Crippen molar-refractivity contribution in [2.45, 2.75) is 45.7 Å². The van der Waals surface area contributed by atoms with Crippen LogP contribution >= 0.6 is 11.6 Å². The molecule has 120 valence electrons. The molecular weight excluding hydrogens is 306 g/mol. The summed E-state index contributed by atoms with van der Waals surface area (Å²) in [6.45, 7) is 6.19. The zero-order valence-electron chi connectivity index (χ0n) is 12.9. The van der Waals surface area contributed by atoms with Crippen molar-refractivity contribution in [3.63, 3.8) is 0 Å². The minimum Gasteiger partial charge on any atom is -0.379 e. The van der Waals surface area contributed by atoms with E-state index in [1.807, 2.05) is 0 Å². The molecule has 0 aliphatic carbocycles. The molecule has 1 aliphatic rings. The Morgan fingerprint density at radius 2 is 2.09 bits per heavy atom. The van der Waals surface area contributed by atoms with Crippen molar-refractivity contribution in [1.29, 1.82) is 0 Å². The largest absolute Gasteiger partial charge is 0.379 e. The van der Waals surface area contributed by atoms with Crippen LogP contribution in [0.3, 0.4) is 0 Å². The lowest BCUT2D eigenvalue weighted by Gasteiger charge is -2.41. The van der Waals surface area contributed by atoms with E-state index >= 15 is 0 Å². The summed E-state index contributed by atoms with van der Waals surface area (Å²) in [4.78, 5) is 21.9. The van der Waals surface area contributed by atoms with Gasteiger partial charge >= 0.3 is 0 Å². The Morgan fingerprint density at radius 3 is 2.64 bits per heavy atom. The second kappa shape index (κ2) is 6.12. The highest BCUT2D eigenvalue weighted by molar-refractivity contribution is 6.33. The zero-order valence-corrected chi connectivity index (χ0v) is 13.6. The fraction of sp³-hybridized carbons (Fsp3) is 0.533. The summed E-state index contributed by atoms with van der Waals surface area (Å²) in [6, 6.07) is 4.34. The molecule has 1 saturated heterocycles. The second-order valence-corrected chi connectivity index (χ2v) is 7.03. The molecule has 1 heterocycles. The molecule has 2 rings (SSSR count). The van der Waals surface area contributed by atoms with E-state index in [9.17, 15) is 14.9 Å². The van der Waals surface area contributed by atoms with Crippen LogP contribution in [-0.4, -0.2) is 22.9 Å². The molecular formula is C15H20ClN3O3. The van der Waals surface area contributed by atoms with Gasteiger partial charge in [0.05, 0.1) is 21.7 Å². The lowest BCUT2D eigenvalue weighted by Crippen LogP contribution is -2.57. The number of amides is 1. The highest BCUT2D eigenvalue weighted by Gasteiger charge is 2.37. The Kier molecular flexibility index (Phi) is 4.60. The van der Waals surface area contributed by atoms with E-state index in [4.69, 9.17) is 11.6 Å². The number of carbonyl (C=O) groups is 1. The number of nitrogens with one attached hydrogen (secondary N) is 2. The van der Waals surface area contributed by atoms with Crippen molar-refractivity contribution in [2.75, 3.05) is 5.32 Å². The number of nitro groups is 1. The zero-order chi connectivity index (χ0) is 16.5. The van der Waals surface area contributed by atoms with E-state index in [1.54, 1.807) is 6.07 Å². The number of rotatable bonds is 3. The number of hydrogen-bond acceptors (Lipinski definition) is 4. The lowest BCUT2D eigenvalue weighted by molar-refractivity contribution is -0.384. The molecule has 1 amide bonds. The summed E-state index contributed by atoms with van der Waals surface area (Å²) in [6.07, 6.45) is 1.15. The highest BCUT2D eigenvalue weighted by atomic mass is 35.5. The summed E-state index contributed by atoms with van der Waals surface area (Å²) >= 11 is 6.13. The topological polar surface area (TPSA) is 84.3 Å². The Balaban J connectivity index is 2.21. The molecule has 2 N–H and O–H groups in total. The number of piperidine rings is 1. The predicted molar refractivity (Wildman–Crippen MR) is 86.1 cm³/mol. The molecule has 0 radical (unpaired) electrons. The first-order valence-corrected chi connectivity index (χ1v) is 7.56. The summed E-state index contributed by atoms with van der Waals surface area (Å²) in [7, 11) is 0. The number of benzene rings is 1. The number of carbonyl (C=O) groups excluding carboxylic acids is 1. The minimum atomic E-state index is -0.478. The maximum atomic E-state index is 11.7. The Hall–Kier alpha value is -1.82. The number of nitro benzene ring substituents is 1. The summed E-state index contributed by atoms with van der Waals surface area (Å²) in [5.74, 6) is 0.0489. The van der Waals surface area contributed by atoms with Gasteiger partial charge in [-0.15, -0.1) is 0 Å². The molecule has 6 nitrogen and oxygen atoms in total. The molecule has 0 saturated carbocycles. The summed E-state index contributed by atoms with van der Waals surface area (Å²) < 4.78 is 0. The smallest absolute Gasteiger partial charge is 0.271 e. The average Bonchev–Trinajstić information content (AvgIpc) is 2.41. The van der Waals surface area contributed by atoms with Crippen molar-refractivity contribution in [3.8, 4) is 0 Å². The Bertz CT molecular complexity index is 598. The average molecular weight is 326 g/mol. The van der Waals surface area contributed by atoms with Gasteiger partial charge in [0.25, 0.3) is 5.69 Å². The quantitative estimate of drug-likeness (QED) is 0.659. The highest BCUT2D eigenvalue weighted by Crippen LogP contribution is 2.32. The fourth-order valence-corrected chi connectivity index (χ4v) is 2.94.